The average Bonchev–Trinajstić information content (AvgIpc) is 1.89. The molecule has 0 radical (unpaired) electrons. The van der Waals surface area contributed by atoms with Crippen molar-refractivity contribution in [2.45, 2.75) is 13.8 Å². The van der Waals surface area contributed by atoms with Gasteiger partial charge in [0.1, 0.15) is 0 Å². The maximum Gasteiger partial charge on any atom is 0.0863 e. The zero-order valence-electron chi connectivity index (χ0n) is 6.96. The topological polar surface area (TPSA) is 15.3 Å². The Morgan fingerprint density at radius 3 is 2.50 bits per heavy atom. The van der Waals surface area contributed by atoms with Crippen LogP contribution in [0.25, 0.3) is 0 Å². The normalized spacial score (nSPS) is 11.1. The largest absolute Gasteiger partial charge is 0.374 e. The lowest BCUT2D eigenvalue weighted by atomic mass is 10.6. The quantitative estimate of drug-likeness (QED) is 0.596. The monoisotopic (exact) mass is 140 g/mol. The second-order valence-electron chi connectivity index (χ2n) is 2.10. The summed E-state index contributed by atoms with van der Waals surface area (Å²) in [7, 11) is 2.02. The van der Waals surface area contributed by atoms with E-state index in [1.54, 1.807) is 0 Å². The minimum atomic E-state index is 0.856. The Bertz CT molecular complexity index is 116. The van der Waals surface area contributed by atoms with E-state index in [4.69, 9.17) is 0 Å². The first-order valence-corrected chi connectivity index (χ1v) is 3.49. The van der Waals surface area contributed by atoms with Crippen molar-refractivity contribution in [3.05, 3.63) is 24.6 Å². The lowest BCUT2D eigenvalue weighted by Crippen LogP contribution is -2.22. The summed E-state index contributed by atoms with van der Waals surface area (Å²) in [5.74, 6) is 0. The highest BCUT2D eigenvalue weighted by Gasteiger charge is 1.82. The maximum atomic E-state index is 3.11. The minimum absolute atomic E-state index is 0.856. The Hall–Kier alpha value is -0.920. The molecule has 0 spiro atoms. The molecule has 0 saturated carbocycles. The van der Waals surface area contributed by atoms with Crippen LogP contribution in [0.2, 0.25) is 0 Å². The number of hydrogen-bond acceptors (Lipinski definition) is 2. The SMILES string of the molecule is C/C=C\NCN(C)/C=C\C. The fraction of sp³-hybridized carbons (Fsp3) is 0.500. The molecule has 0 amide bonds. The Labute approximate surface area is 63.2 Å². The average molecular weight is 140 g/mol. The first kappa shape index (κ1) is 9.08. The van der Waals surface area contributed by atoms with E-state index in [-0.39, 0.29) is 0 Å². The lowest BCUT2D eigenvalue weighted by molar-refractivity contribution is 0.436. The van der Waals surface area contributed by atoms with Gasteiger partial charge in [-0.15, -0.1) is 0 Å². The molecule has 58 valence electrons. The van der Waals surface area contributed by atoms with Crippen LogP contribution < -0.4 is 5.32 Å². The van der Waals surface area contributed by atoms with E-state index in [0.717, 1.165) is 6.67 Å². The fourth-order valence-corrected chi connectivity index (χ4v) is 0.622. The zero-order valence-corrected chi connectivity index (χ0v) is 6.96. The molecule has 2 nitrogen and oxygen atoms in total. The van der Waals surface area contributed by atoms with Crippen LogP contribution in [0.5, 0.6) is 0 Å². The number of nitrogens with one attached hydrogen (secondary N) is 1. The minimum Gasteiger partial charge on any atom is -0.374 e. The van der Waals surface area contributed by atoms with Gasteiger partial charge in [-0.25, -0.2) is 0 Å². The van der Waals surface area contributed by atoms with Crippen LogP contribution in [0.4, 0.5) is 0 Å². The standard InChI is InChI=1S/C8H16N2/c1-4-6-9-8-10(3)7-5-2/h4-7,9H,8H2,1-3H3/b6-4-,7-5-. The molecule has 0 atom stereocenters. The number of rotatable bonds is 4. The second-order valence-corrected chi connectivity index (χ2v) is 2.10. The summed E-state index contributed by atoms with van der Waals surface area (Å²) in [5.41, 5.74) is 0. The fourth-order valence-electron chi connectivity index (χ4n) is 0.622. The van der Waals surface area contributed by atoms with Crippen molar-refractivity contribution in [2.75, 3.05) is 13.7 Å². The highest BCUT2D eigenvalue weighted by atomic mass is 15.2. The molecule has 0 aromatic rings. The Morgan fingerprint density at radius 1 is 1.30 bits per heavy atom. The Kier molecular flexibility index (Phi) is 5.63. The smallest absolute Gasteiger partial charge is 0.0863 e. The van der Waals surface area contributed by atoms with Gasteiger partial charge < -0.3 is 10.2 Å². The van der Waals surface area contributed by atoms with Gasteiger partial charge in [0.05, 0.1) is 6.67 Å². The molecule has 0 bridgehead atoms. The van der Waals surface area contributed by atoms with Crippen LogP contribution >= 0.6 is 0 Å². The van der Waals surface area contributed by atoms with Gasteiger partial charge in [0.15, 0.2) is 0 Å². The van der Waals surface area contributed by atoms with Gasteiger partial charge in [0.25, 0.3) is 0 Å². The van der Waals surface area contributed by atoms with Gasteiger partial charge in [-0.2, -0.15) is 0 Å². The number of hydrogen-bond donors (Lipinski definition) is 1. The molecule has 0 rings (SSSR count). The van der Waals surface area contributed by atoms with E-state index in [0.29, 0.717) is 0 Å². The van der Waals surface area contributed by atoms with E-state index < -0.39 is 0 Å². The third-order valence-electron chi connectivity index (χ3n) is 1.03. The maximum absolute atomic E-state index is 3.11. The molecule has 0 heterocycles. The van der Waals surface area contributed by atoms with Gasteiger partial charge >= 0.3 is 0 Å². The lowest BCUT2D eigenvalue weighted by Gasteiger charge is -2.12. The van der Waals surface area contributed by atoms with Gasteiger partial charge in [0.2, 0.25) is 0 Å². The van der Waals surface area contributed by atoms with Crippen molar-refractivity contribution in [3.63, 3.8) is 0 Å². The molecular formula is C8H16N2. The molecule has 0 saturated heterocycles. The van der Waals surface area contributed by atoms with Crippen molar-refractivity contribution >= 4 is 0 Å². The zero-order chi connectivity index (χ0) is 7.82. The molecular weight excluding hydrogens is 124 g/mol. The summed E-state index contributed by atoms with van der Waals surface area (Å²) in [6.07, 6.45) is 7.94. The van der Waals surface area contributed by atoms with E-state index >= 15 is 0 Å². The van der Waals surface area contributed by atoms with E-state index in [1.165, 1.54) is 0 Å². The van der Waals surface area contributed by atoms with E-state index in [2.05, 4.69) is 10.2 Å². The summed E-state index contributed by atoms with van der Waals surface area (Å²) in [4.78, 5) is 2.07. The summed E-state index contributed by atoms with van der Waals surface area (Å²) in [6.45, 7) is 4.85. The van der Waals surface area contributed by atoms with Crippen molar-refractivity contribution in [3.8, 4) is 0 Å². The van der Waals surface area contributed by atoms with Gasteiger partial charge in [-0.3, -0.25) is 0 Å². The molecule has 0 aromatic heterocycles. The molecule has 0 fully saturated rings. The predicted octanol–water partition coefficient (Wildman–Crippen LogP) is 1.53. The predicted molar refractivity (Wildman–Crippen MR) is 45.4 cm³/mol. The van der Waals surface area contributed by atoms with Crippen molar-refractivity contribution in [2.24, 2.45) is 0 Å². The van der Waals surface area contributed by atoms with Crippen LogP contribution in [0.3, 0.4) is 0 Å². The molecule has 2 heteroatoms. The first-order valence-electron chi connectivity index (χ1n) is 3.49. The third kappa shape index (κ3) is 5.22. The second kappa shape index (κ2) is 6.20. The van der Waals surface area contributed by atoms with E-state index in [9.17, 15) is 0 Å². The van der Waals surface area contributed by atoms with Gasteiger partial charge in [-0.05, 0) is 26.2 Å². The van der Waals surface area contributed by atoms with Crippen LogP contribution in [0, 0.1) is 0 Å². The summed E-state index contributed by atoms with van der Waals surface area (Å²) in [6, 6.07) is 0. The van der Waals surface area contributed by atoms with Crippen LogP contribution in [0.1, 0.15) is 13.8 Å². The van der Waals surface area contributed by atoms with Gasteiger partial charge in [-0.1, -0.05) is 12.2 Å². The Morgan fingerprint density at radius 2 is 2.00 bits per heavy atom. The van der Waals surface area contributed by atoms with Crippen LogP contribution in [-0.2, 0) is 0 Å². The molecule has 1 N–H and O–H groups in total. The molecule has 0 aliphatic rings. The highest BCUT2D eigenvalue weighted by molar-refractivity contribution is 4.78. The van der Waals surface area contributed by atoms with Gasteiger partial charge in [0, 0.05) is 7.05 Å². The number of nitrogens with zero attached hydrogens (tertiary/aromatic N) is 1. The summed E-state index contributed by atoms with van der Waals surface area (Å²) >= 11 is 0. The van der Waals surface area contributed by atoms with Crippen LogP contribution in [-0.4, -0.2) is 18.6 Å². The van der Waals surface area contributed by atoms with Crippen molar-refractivity contribution in [1.29, 1.82) is 0 Å². The highest BCUT2D eigenvalue weighted by Crippen LogP contribution is 1.79. The van der Waals surface area contributed by atoms with E-state index in [1.807, 2.05) is 45.4 Å². The molecule has 0 aliphatic heterocycles. The third-order valence-corrected chi connectivity index (χ3v) is 1.03. The molecule has 0 aromatic carbocycles. The number of allylic oxidation sites excluding steroid dienone is 2. The summed E-state index contributed by atoms with van der Waals surface area (Å²) in [5, 5.41) is 3.11. The molecule has 0 aliphatic carbocycles. The molecule has 0 unspecified atom stereocenters. The summed E-state index contributed by atoms with van der Waals surface area (Å²) < 4.78 is 0. The first-order chi connectivity index (χ1) is 4.81. The van der Waals surface area contributed by atoms with Crippen molar-refractivity contribution in [1.82, 2.24) is 10.2 Å². The Balaban J connectivity index is 3.30. The van der Waals surface area contributed by atoms with Crippen molar-refractivity contribution < 1.29 is 0 Å². The van der Waals surface area contributed by atoms with Crippen LogP contribution in [0.15, 0.2) is 24.6 Å². The molecule has 10 heavy (non-hydrogen) atoms.